The predicted molar refractivity (Wildman–Crippen MR) is 153 cm³/mol. The van der Waals surface area contributed by atoms with Crippen LogP contribution in [0.5, 0.6) is 0 Å². The summed E-state index contributed by atoms with van der Waals surface area (Å²) in [6, 6.07) is 0. The minimum atomic E-state index is -0.778. The van der Waals surface area contributed by atoms with Gasteiger partial charge in [0.15, 0.2) is 0 Å². The Bertz CT molecular complexity index is 496. The minimum Gasteiger partial charge on any atom is -0.465 e. The number of esters is 2. The summed E-state index contributed by atoms with van der Waals surface area (Å²) in [6.07, 6.45) is 22.9. The first-order chi connectivity index (χ1) is 18.5. The monoisotopic (exact) mass is 544 g/mol. The second-order valence-electron chi connectivity index (χ2n) is 11.3. The van der Waals surface area contributed by atoms with Crippen LogP contribution in [0.2, 0.25) is 0 Å². The lowest BCUT2D eigenvalue weighted by molar-refractivity contribution is -0.155. The first-order valence-corrected chi connectivity index (χ1v) is 15.6. The van der Waals surface area contributed by atoms with Gasteiger partial charge in [0.1, 0.15) is 13.2 Å². The zero-order valence-electron chi connectivity index (χ0n) is 24.6. The number of carbonyl (C=O) groups is 2. The lowest BCUT2D eigenvalue weighted by Crippen LogP contribution is -2.35. The molecule has 0 aliphatic carbocycles. The van der Waals surface area contributed by atoms with Crippen molar-refractivity contribution in [2.75, 3.05) is 33.0 Å². The number of hydrogen-bond donors (Lipinski definition) is 3. The summed E-state index contributed by atoms with van der Waals surface area (Å²) < 4.78 is 10.8. The second kappa shape index (κ2) is 27.4. The van der Waals surface area contributed by atoms with Crippen molar-refractivity contribution in [2.24, 2.45) is 5.41 Å². The van der Waals surface area contributed by atoms with Crippen LogP contribution in [0, 0.1) is 5.41 Å². The Morgan fingerprint density at radius 3 is 1.00 bits per heavy atom. The molecular weight excluding hydrogens is 484 g/mol. The van der Waals surface area contributed by atoms with E-state index < -0.39 is 5.41 Å². The van der Waals surface area contributed by atoms with E-state index in [4.69, 9.17) is 19.7 Å². The molecule has 0 unspecified atom stereocenters. The first-order valence-electron chi connectivity index (χ1n) is 15.6. The SMILES string of the molecule is CC(CO)(COC(=O)CCCCCCCCCCCCO)COC(=O)CCCCCCCCCCCCO. The maximum atomic E-state index is 12.1. The quantitative estimate of drug-likeness (QED) is 0.0714. The van der Waals surface area contributed by atoms with E-state index in [0.29, 0.717) is 26.1 Å². The fourth-order valence-corrected chi connectivity index (χ4v) is 4.38. The van der Waals surface area contributed by atoms with Crippen LogP contribution in [0.15, 0.2) is 0 Å². The maximum absolute atomic E-state index is 12.1. The average molecular weight is 545 g/mol. The fourth-order valence-electron chi connectivity index (χ4n) is 4.38. The van der Waals surface area contributed by atoms with Crippen molar-refractivity contribution in [3.63, 3.8) is 0 Å². The largest absolute Gasteiger partial charge is 0.465 e. The number of aliphatic hydroxyl groups is 3. The number of aliphatic hydroxyl groups excluding tert-OH is 3. The summed E-state index contributed by atoms with van der Waals surface area (Å²) in [7, 11) is 0. The first kappa shape index (κ1) is 36.8. The third kappa shape index (κ3) is 25.1. The van der Waals surface area contributed by atoms with Crippen molar-refractivity contribution >= 4 is 11.9 Å². The molecule has 38 heavy (non-hydrogen) atoms. The molecule has 0 bridgehead atoms. The molecule has 7 heteroatoms. The molecule has 0 radical (unpaired) electrons. The van der Waals surface area contributed by atoms with Gasteiger partial charge in [-0.15, -0.1) is 0 Å². The Kier molecular flexibility index (Phi) is 26.5. The van der Waals surface area contributed by atoms with Crippen LogP contribution < -0.4 is 0 Å². The highest BCUT2D eigenvalue weighted by molar-refractivity contribution is 5.69. The van der Waals surface area contributed by atoms with Crippen molar-refractivity contribution < 1.29 is 34.4 Å². The number of ether oxygens (including phenoxy) is 2. The topological polar surface area (TPSA) is 113 Å². The summed E-state index contributed by atoms with van der Waals surface area (Å²) in [5, 5.41) is 27.3. The molecule has 0 aromatic heterocycles. The lowest BCUT2D eigenvalue weighted by atomic mass is 9.94. The lowest BCUT2D eigenvalue weighted by Gasteiger charge is -2.26. The standard InChI is InChI=1S/C31H60O7/c1-31(26-34,27-37-29(35)22-18-14-10-6-2-4-8-12-16-20-24-32)28-38-30(36)23-19-15-11-7-3-5-9-13-17-21-25-33/h32-34H,2-28H2,1H3. The van der Waals surface area contributed by atoms with E-state index in [0.717, 1.165) is 64.2 Å². The smallest absolute Gasteiger partial charge is 0.305 e. The number of carbonyl (C=O) groups excluding carboxylic acids is 2. The fraction of sp³-hybridized carbons (Fsp3) is 0.935. The van der Waals surface area contributed by atoms with Crippen molar-refractivity contribution in [2.45, 2.75) is 148 Å². The molecule has 0 spiro atoms. The van der Waals surface area contributed by atoms with Crippen LogP contribution in [0.4, 0.5) is 0 Å². The molecule has 0 fully saturated rings. The van der Waals surface area contributed by atoms with Crippen molar-refractivity contribution in [3.05, 3.63) is 0 Å². The summed E-state index contributed by atoms with van der Waals surface area (Å²) in [5.74, 6) is -0.518. The van der Waals surface area contributed by atoms with Gasteiger partial charge in [-0.3, -0.25) is 9.59 Å². The average Bonchev–Trinajstić information content (AvgIpc) is 2.92. The molecule has 226 valence electrons. The Balaban J connectivity index is 3.70. The molecule has 0 saturated carbocycles. The zero-order chi connectivity index (χ0) is 28.2. The molecule has 0 aliphatic heterocycles. The molecule has 3 N–H and O–H groups in total. The van der Waals surface area contributed by atoms with Crippen LogP contribution in [-0.2, 0) is 19.1 Å². The molecule has 0 aromatic carbocycles. The molecule has 0 atom stereocenters. The molecule has 0 rings (SSSR count). The van der Waals surface area contributed by atoms with E-state index in [9.17, 15) is 14.7 Å². The van der Waals surface area contributed by atoms with E-state index in [1.165, 1.54) is 64.2 Å². The van der Waals surface area contributed by atoms with E-state index in [-0.39, 0.29) is 31.8 Å². The second-order valence-corrected chi connectivity index (χ2v) is 11.3. The number of rotatable bonds is 29. The van der Waals surface area contributed by atoms with Gasteiger partial charge in [-0.25, -0.2) is 0 Å². The van der Waals surface area contributed by atoms with Gasteiger partial charge in [-0.05, 0) is 25.7 Å². The summed E-state index contributed by atoms with van der Waals surface area (Å²) in [6.45, 7) is 2.24. The summed E-state index contributed by atoms with van der Waals surface area (Å²) >= 11 is 0. The van der Waals surface area contributed by atoms with Gasteiger partial charge in [0, 0.05) is 26.1 Å². The van der Waals surface area contributed by atoms with Crippen molar-refractivity contribution in [3.8, 4) is 0 Å². The van der Waals surface area contributed by atoms with Gasteiger partial charge in [0.2, 0.25) is 0 Å². The normalized spacial score (nSPS) is 11.6. The number of unbranched alkanes of at least 4 members (excludes halogenated alkanes) is 18. The molecule has 0 aliphatic rings. The van der Waals surface area contributed by atoms with E-state index in [2.05, 4.69) is 0 Å². The Hall–Kier alpha value is -1.18. The molecule has 0 aromatic rings. The molecule has 0 heterocycles. The zero-order valence-corrected chi connectivity index (χ0v) is 24.6. The van der Waals surface area contributed by atoms with E-state index >= 15 is 0 Å². The van der Waals surface area contributed by atoms with E-state index in [1.54, 1.807) is 6.92 Å². The van der Waals surface area contributed by atoms with Crippen molar-refractivity contribution in [1.29, 1.82) is 0 Å². The van der Waals surface area contributed by atoms with Crippen LogP contribution in [-0.4, -0.2) is 60.3 Å². The predicted octanol–water partition coefficient (Wildman–Crippen LogP) is 6.64. The summed E-state index contributed by atoms with van der Waals surface area (Å²) in [4.78, 5) is 24.2. The third-order valence-corrected chi connectivity index (χ3v) is 7.12. The molecule has 0 amide bonds. The highest BCUT2D eigenvalue weighted by Crippen LogP contribution is 2.19. The van der Waals surface area contributed by atoms with Crippen LogP contribution in [0.3, 0.4) is 0 Å². The van der Waals surface area contributed by atoms with Gasteiger partial charge in [-0.1, -0.05) is 110 Å². The summed E-state index contributed by atoms with van der Waals surface area (Å²) in [5.41, 5.74) is -0.778. The minimum absolute atomic E-state index is 0.0475. The number of hydrogen-bond acceptors (Lipinski definition) is 7. The Labute approximate surface area is 233 Å². The van der Waals surface area contributed by atoms with Crippen LogP contribution in [0.1, 0.15) is 148 Å². The highest BCUT2D eigenvalue weighted by atomic mass is 16.5. The van der Waals surface area contributed by atoms with Crippen molar-refractivity contribution in [1.82, 2.24) is 0 Å². The van der Waals surface area contributed by atoms with Crippen LogP contribution in [0.25, 0.3) is 0 Å². The van der Waals surface area contributed by atoms with Gasteiger partial charge >= 0.3 is 11.9 Å². The van der Waals surface area contributed by atoms with Gasteiger partial charge in [0.05, 0.1) is 12.0 Å². The Morgan fingerprint density at radius 1 is 0.474 bits per heavy atom. The van der Waals surface area contributed by atoms with Gasteiger partial charge in [-0.2, -0.15) is 0 Å². The maximum Gasteiger partial charge on any atom is 0.305 e. The van der Waals surface area contributed by atoms with Crippen LogP contribution >= 0.6 is 0 Å². The molecule has 0 saturated heterocycles. The van der Waals surface area contributed by atoms with Gasteiger partial charge in [0.25, 0.3) is 0 Å². The molecular formula is C31H60O7. The third-order valence-electron chi connectivity index (χ3n) is 7.12. The Morgan fingerprint density at radius 2 is 0.737 bits per heavy atom. The highest BCUT2D eigenvalue weighted by Gasteiger charge is 2.27. The molecule has 7 nitrogen and oxygen atoms in total. The van der Waals surface area contributed by atoms with Gasteiger partial charge < -0.3 is 24.8 Å². The van der Waals surface area contributed by atoms with E-state index in [1.807, 2.05) is 0 Å².